The third kappa shape index (κ3) is 3.29. The van der Waals surface area contributed by atoms with Crippen LogP contribution in [0.3, 0.4) is 0 Å². The molecule has 0 amide bonds. The monoisotopic (exact) mass is 196 g/mol. The van der Waals surface area contributed by atoms with Crippen molar-refractivity contribution in [1.29, 1.82) is 0 Å². The summed E-state index contributed by atoms with van der Waals surface area (Å²) in [7, 11) is 1.55. The molecule has 0 spiro atoms. The number of methoxy groups -OCH3 is 1. The summed E-state index contributed by atoms with van der Waals surface area (Å²) < 4.78 is 4.99. The number of rotatable bonds is 2. The van der Waals surface area contributed by atoms with Crippen LogP contribution < -0.4 is 4.74 Å². The molecule has 0 saturated heterocycles. The Morgan fingerprint density at radius 3 is 2.21 bits per heavy atom. The van der Waals surface area contributed by atoms with E-state index < -0.39 is 0 Å². The minimum atomic E-state index is 0.196. The van der Waals surface area contributed by atoms with Crippen LogP contribution in [0.5, 0.6) is 11.5 Å². The minimum Gasteiger partial charge on any atom is -0.504 e. The summed E-state index contributed by atoms with van der Waals surface area (Å²) in [5, 5.41) is 9.29. The molecule has 1 aromatic carbocycles. The fraction of sp³-hybridized carbons (Fsp3) is 0.500. The topological polar surface area (TPSA) is 29.5 Å². The Morgan fingerprint density at radius 2 is 1.79 bits per heavy atom. The van der Waals surface area contributed by atoms with Gasteiger partial charge in [0.1, 0.15) is 0 Å². The van der Waals surface area contributed by atoms with Gasteiger partial charge in [-0.3, -0.25) is 0 Å². The standard InChI is InChI=1S/C10H14O2.C2H6/c1-7(2)8-4-5-9(11)10(6-8)12-3;1-2/h4-7,11H,1-3H3;1-2H3. The first-order chi connectivity index (χ1) is 6.65. The predicted octanol–water partition coefficient (Wildman–Crippen LogP) is 3.55. The van der Waals surface area contributed by atoms with Gasteiger partial charge in [0.25, 0.3) is 0 Å². The van der Waals surface area contributed by atoms with E-state index in [4.69, 9.17) is 4.74 Å². The van der Waals surface area contributed by atoms with Gasteiger partial charge in [-0.15, -0.1) is 0 Å². The average Bonchev–Trinajstić information content (AvgIpc) is 2.21. The lowest BCUT2D eigenvalue weighted by Gasteiger charge is -2.08. The Bertz CT molecular complexity index is 267. The molecule has 2 heteroatoms. The summed E-state index contributed by atoms with van der Waals surface area (Å²) in [6.07, 6.45) is 0. The molecular weight excluding hydrogens is 176 g/mol. The maximum atomic E-state index is 9.29. The van der Waals surface area contributed by atoms with Crippen molar-refractivity contribution in [1.82, 2.24) is 0 Å². The molecule has 1 N–H and O–H groups in total. The number of phenolic OH excluding ortho intramolecular Hbond substituents is 1. The summed E-state index contributed by atoms with van der Waals surface area (Å²) in [5.74, 6) is 1.20. The molecule has 0 aliphatic carbocycles. The third-order valence-corrected chi connectivity index (χ3v) is 1.87. The van der Waals surface area contributed by atoms with Crippen LogP contribution in [-0.4, -0.2) is 12.2 Å². The molecule has 0 aromatic heterocycles. The highest BCUT2D eigenvalue weighted by Crippen LogP contribution is 2.29. The second-order valence-electron chi connectivity index (χ2n) is 3.09. The predicted molar refractivity (Wildman–Crippen MR) is 60.1 cm³/mol. The molecule has 0 bridgehead atoms. The highest BCUT2D eigenvalue weighted by Gasteiger charge is 2.04. The number of aromatic hydroxyl groups is 1. The lowest BCUT2D eigenvalue weighted by atomic mass is 10.0. The molecule has 0 saturated carbocycles. The van der Waals surface area contributed by atoms with E-state index in [1.807, 2.05) is 26.0 Å². The Labute approximate surface area is 86.5 Å². The molecule has 80 valence electrons. The van der Waals surface area contributed by atoms with E-state index in [1.54, 1.807) is 13.2 Å². The zero-order valence-electron chi connectivity index (χ0n) is 9.66. The van der Waals surface area contributed by atoms with Crippen molar-refractivity contribution < 1.29 is 9.84 Å². The molecule has 2 nitrogen and oxygen atoms in total. The molecule has 0 atom stereocenters. The Kier molecular flexibility index (Phi) is 5.77. The molecule has 0 aliphatic rings. The van der Waals surface area contributed by atoms with E-state index in [1.165, 1.54) is 5.56 Å². The largest absolute Gasteiger partial charge is 0.504 e. The first-order valence-electron chi connectivity index (χ1n) is 5.02. The first kappa shape index (κ1) is 12.8. The lowest BCUT2D eigenvalue weighted by molar-refractivity contribution is 0.372. The number of hydrogen-bond donors (Lipinski definition) is 1. The van der Waals surface area contributed by atoms with E-state index in [-0.39, 0.29) is 5.75 Å². The Morgan fingerprint density at radius 1 is 1.21 bits per heavy atom. The van der Waals surface area contributed by atoms with E-state index >= 15 is 0 Å². The molecular formula is C12H20O2. The molecule has 1 aromatic rings. The van der Waals surface area contributed by atoms with Gasteiger partial charge in [0.15, 0.2) is 11.5 Å². The molecule has 1 rings (SSSR count). The molecule has 0 aliphatic heterocycles. The van der Waals surface area contributed by atoms with Gasteiger partial charge in [-0.1, -0.05) is 33.8 Å². The van der Waals surface area contributed by atoms with Gasteiger partial charge in [0.05, 0.1) is 7.11 Å². The quantitative estimate of drug-likeness (QED) is 0.783. The van der Waals surface area contributed by atoms with E-state index in [9.17, 15) is 5.11 Å². The SMILES string of the molecule is CC.COc1cc(C(C)C)ccc1O. The van der Waals surface area contributed by atoms with Crippen molar-refractivity contribution >= 4 is 0 Å². The first-order valence-corrected chi connectivity index (χ1v) is 5.02. The van der Waals surface area contributed by atoms with Gasteiger partial charge >= 0.3 is 0 Å². The van der Waals surface area contributed by atoms with Gasteiger partial charge < -0.3 is 9.84 Å². The van der Waals surface area contributed by atoms with E-state index in [2.05, 4.69) is 13.8 Å². The number of ether oxygens (including phenoxy) is 1. The summed E-state index contributed by atoms with van der Waals surface area (Å²) in [4.78, 5) is 0. The Balaban J connectivity index is 0.000000791. The van der Waals surface area contributed by atoms with Gasteiger partial charge in [0.2, 0.25) is 0 Å². The fourth-order valence-electron chi connectivity index (χ4n) is 1.05. The van der Waals surface area contributed by atoms with Gasteiger partial charge in [-0.25, -0.2) is 0 Å². The van der Waals surface area contributed by atoms with Crippen LogP contribution in [0.15, 0.2) is 18.2 Å². The lowest BCUT2D eigenvalue weighted by Crippen LogP contribution is -1.89. The van der Waals surface area contributed by atoms with Crippen molar-refractivity contribution in [2.24, 2.45) is 0 Å². The van der Waals surface area contributed by atoms with Crippen molar-refractivity contribution in [3.8, 4) is 11.5 Å². The summed E-state index contributed by atoms with van der Waals surface area (Å²) in [6.45, 7) is 8.21. The van der Waals surface area contributed by atoms with Crippen LogP contribution in [0, 0.1) is 0 Å². The van der Waals surface area contributed by atoms with Gasteiger partial charge in [0, 0.05) is 0 Å². The molecule has 14 heavy (non-hydrogen) atoms. The number of benzene rings is 1. The smallest absolute Gasteiger partial charge is 0.160 e. The summed E-state index contributed by atoms with van der Waals surface area (Å²) in [6, 6.07) is 5.43. The zero-order valence-corrected chi connectivity index (χ0v) is 9.66. The summed E-state index contributed by atoms with van der Waals surface area (Å²) in [5.41, 5.74) is 1.17. The second kappa shape index (κ2) is 6.30. The molecule has 0 heterocycles. The zero-order chi connectivity index (χ0) is 11.1. The minimum absolute atomic E-state index is 0.196. The average molecular weight is 196 g/mol. The van der Waals surface area contributed by atoms with Crippen LogP contribution in [0.25, 0.3) is 0 Å². The van der Waals surface area contributed by atoms with Gasteiger partial charge in [-0.2, -0.15) is 0 Å². The fourth-order valence-corrected chi connectivity index (χ4v) is 1.05. The van der Waals surface area contributed by atoms with Crippen molar-refractivity contribution in [2.75, 3.05) is 7.11 Å². The summed E-state index contributed by atoms with van der Waals surface area (Å²) >= 11 is 0. The highest BCUT2D eigenvalue weighted by atomic mass is 16.5. The van der Waals surface area contributed by atoms with E-state index in [0.717, 1.165) is 0 Å². The van der Waals surface area contributed by atoms with Crippen LogP contribution in [0.4, 0.5) is 0 Å². The van der Waals surface area contributed by atoms with Crippen molar-refractivity contribution in [3.63, 3.8) is 0 Å². The number of hydrogen-bond acceptors (Lipinski definition) is 2. The van der Waals surface area contributed by atoms with Crippen LogP contribution >= 0.6 is 0 Å². The third-order valence-electron chi connectivity index (χ3n) is 1.87. The maximum absolute atomic E-state index is 9.29. The van der Waals surface area contributed by atoms with Crippen LogP contribution in [0.2, 0.25) is 0 Å². The normalized spacial score (nSPS) is 9.29. The van der Waals surface area contributed by atoms with Crippen LogP contribution in [-0.2, 0) is 0 Å². The van der Waals surface area contributed by atoms with E-state index in [0.29, 0.717) is 11.7 Å². The molecule has 0 unspecified atom stereocenters. The van der Waals surface area contributed by atoms with Gasteiger partial charge in [-0.05, 0) is 23.6 Å². The molecule has 0 fully saturated rings. The van der Waals surface area contributed by atoms with Crippen LogP contribution in [0.1, 0.15) is 39.2 Å². The molecule has 0 radical (unpaired) electrons. The second-order valence-corrected chi connectivity index (χ2v) is 3.09. The Hall–Kier alpha value is -1.18. The highest BCUT2D eigenvalue weighted by molar-refractivity contribution is 5.42. The maximum Gasteiger partial charge on any atom is 0.160 e. The number of phenols is 1. The van der Waals surface area contributed by atoms with Crippen molar-refractivity contribution in [3.05, 3.63) is 23.8 Å². The van der Waals surface area contributed by atoms with Crippen molar-refractivity contribution in [2.45, 2.75) is 33.6 Å².